The van der Waals surface area contributed by atoms with Gasteiger partial charge in [0, 0.05) is 23.7 Å². The molecule has 1 aliphatic heterocycles. The molecule has 4 rings (SSSR count). The maximum Gasteiger partial charge on any atom is 0.232 e. The molecule has 1 saturated heterocycles. The third-order valence-electron chi connectivity index (χ3n) is 7.18. The standard InChI is InChI=1S/C29H33ClN2O2/c1-28(2,32-20-17-26(21-32)34-25-15-13-24(30)14-16-25)18-19-29(27(31)33,22-9-5-3-6-10-22)23-11-7-4-8-12-23/h3-16,26H,17-21H2,1-2H3,(H2,31,33). The van der Waals surface area contributed by atoms with Gasteiger partial charge in [-0.3, -0.25) is 9.69 Å². The summed E-state index contributed by atoms with van der Waals surface area (Å²) in [5, 5.41) is 0.705. The van der Waals surface area contributed by atoms with Gasteiger partial charge in [-0.2, -0.15) is 0 Å². The van der Waals surface area contributed by atoms with Gasteiger partial charge < -0.3 is 10.5 Å². The van der Waals surface area contributed by atoms with E-state index in [1.54, 1.807) is 0 Å². The van der Waals surface area contributed by atoms with Gasteiger partial charge in [0.1, 0.15) is 11.9 Å². The smallest absolute Gasteiger partial charge is 0.232 e. The van der Waals surface area contributed by atoms with E-state index in [1.807, 2.05) is 84.9 Å². The second kappa shape index (κ2) is 10.2. The number of rotatable bonds is 9. The van der Waals surface area contributed by atoms with Crippen LogP contribution < -0.4 is 10.5 Å². The molecule has 1 atom stereocenters. The summed E-state index contributed by atoms with van der Waals surface area (Å²) in [7, 11) is 0. The normalized spacial score (nSPS) is 17.0. The average Bonchev–Trinajstić information content (AvgIpc) is 3.32. The molecule has 1 aliphatic rings. The molecule has 2 N–H and O–H groups in total. The summed E-state index contributed by atoms with van der Waals surface area (Å²) in [5.74, 6) is 0.529. The van der Waals surface area contributed by atoms with Crippen LogP contribution in [-0.4, -0.2) is 35.5 Å². The molecule has 0 saturated carbocycles. The Bertz CT molecular complexity index is 1040. The lowest BCUT2D eigenvalue weighted by atomic mass is 9.69. The van der Waals surface area contributed by atoms with Crippen LogP contribution in [0.4, 0.5) is 0 Å². The molecule has 3 aromatic rings. The second-order valence-corrected chi connectivity index (χ2v) is 10.2. The van der Waals surface area contributed by atoms with Gasteiger partial charge in [0.25, 0.3) is 0 Å². The van der Waals surface area contributed by atoms with Gasteiger partial charge in [-0.1, -0.05) is 72.3 Å². The van der Waals surface area contributed by atoms with Crippen molar-refractivity contribution in [2.24, 2.45) is 5.73 Å². The Morgan fingerprint density at radius 3 is 2.03 bits per heavy atom. The molecule has 178 valence electrons. The summed E-state index contributed by atoms with van der Waals surface area (Å²) in [6, 6.07) is 27.4. The number of nitrogens with two attached hydrogens (primary N) is 1. The molecule has 34 heavy (non-hydrogen) atoms. The highest BCUT2D eigenvalue weighted by molar-refractivity contribution is 6.30. The molecule has 1 amide bonds. The summed E-state index contributed by atoms with van der Waals surface area (Å²) >= 11 is 6.00. The Labute approximate surface area is 207 Å². The largest absolute Gasteiger partial charge is 0.489 e. The highest BCUT2D eigenvalue weighted by atomic mass is 35.5. The van der Waals surface area contributed by atoms with Crippen LogP contribution in [0.5, 0.6) is 5.75 Å². The van der Waals surface area contributed by atoms with Crippen molar-refractivity contribution in [1.29, 1.82) is 0 Å². The molecule has 0 aliphatic carbocycles. The zero-order chi connectivity index (χ0) is 24.2. The molecule has 5 heteroatoms. The Hall–Kier alpha value is -2.82. The lowest BCUT2D eigenvalue weighted by molar-refractivity contribution is -0.122. The maximum absolute atomic E-state index is 13.1. The van der Waals surface area contributed by atoms with Crippen LogP contribution in [0.2, 0.25) is 5.02 Å². The number of nitrogens with zero attached hydrogens (tertiary/aromatic N) is 1. The quantitative estimate of drug-likeness (QED) is 0.423. The number of carbonyl (C=O) groups is 1. The molecular weight excluding hydrogens is 444 g/mol. The SMILES string of the molecule is CC(C)(CCC(C(N)=O)(c1ccccc1)c1ccccc1)N1CCC(Oc2ccc(Cl)cc2)C1. The first-order valence-corrected chi connectivity index (χ1v) is 12.3. The fourth-order valence-corrected chi connectivity index (χ4v) is 5.17. The molecule has 0 bridgehead atoms. The number of halogens is 1. The van der Waals surface area contributed by atoms with Crippen molar-refractivity contribution in [3.63, 3.8) is 0 Å². The predicted molar refractivity (Wildman–Crippen MR) is 138 cm³/mol. The first-order chi connectivity index (χ1) is 16.3. The monoisotopic (exact) mass is 476 g/mol. The first-order valence-electron chi connectivity index (χ1n) is 11.9. The number of ether oxygens (including phenoxy) is 1. The lowest BCUT2D eigenvalue weighted by Crippen LogP contribution is -2.47. The lowest BCUT2D eigenvalue weighted by Gasteiger charge is -2.40. The Balaban J connectivity index is 1.52. The number of likely N-dealkylation sites (tertiary alicyclic amines) is 1. The third kappa shape index (κ3) is 5.13. The minimum Gasteiger partial charge on any atom is -0.489 e. The van der Waals surface area contributed by atoms with E-state index in [0.29, 0.717) is 11.4 Å². The molecule has 3 aromatic carbocycles. The number of carbonyl (C=O) groups excluding carboxylic acids is 1. The van der Waals surface area contributed by atoms with Gasteiger partial charge in [0.2, 0.25) is 5.91 Å². The van der Waals surface area contributed by atoms with Gasteiger partial charge in [-0.05, 0) is 68.5 Å². The highest BCUT2D eigenvalue weighted by Crippen LogP contribution is 2.40. The van der Waals surface area contributed by atoms with E-state index in [4.69, 9.17) is 22.1 Å². The summed E-state index contributed by atoms with van der Waals surface area (Å²) in [4.78, 5) is 15.6. The molecule has 1 heterocycles. The molecule has 1 unspecified atom stereocenters. The average molecular weight is 477 g/mol. The van der Waals surface area contributed by atoms with E-state index in [0.717, 1.165) is 42.8 Å². The number of benzene rings is 3. The van der Waals surface area contributed by atoms with Crippen molar-refractivity contribution in [2.75, 3.05) is 13.1 Å². The van der Waals surface area contributed by atoms with Crippen LogP contribution in [0.1, 0.15) is 44.2 Å². The van der Waals surface area contributed by atoms with Crippen LogP contribution >= 0.6 is 11.6 Å². The van der Waals surface area contributed by atoms with Crippen LogP contribution in [0.25, 0.3) is 0 Å². The zero-order valence-electron chi connectivity index (χ0n) is 19.9. The third-order valence-corrected chi connectivity index (χ3v) is 7.44. The van der Waals surface area contributed by atoms with Crippen molar-refractivity contribution < 1.29 is 9.53 Å². The molecule has 0 aromatic heterocycles. The molecule has 4 nitrogen and oxygen atoms in total. The summed E-state index contributed by atoms with van der Waals surface area (Å²) in [5.41, 5.74) is 7.04. The molecule has 1 fully saturated rings. The van der Waals surface area contributed by atoms with Crippen molar-refractivity contribution in [1.82, 2.24) is 4.90 Å². The zero-order valence-corrected chi connectivity index (χ0v) is 20.7. The van der Waals surface area contributed by atoms with Gasteiger partial charge >= 0.3 is 0 Å². The highest BCUT2D eigenvalue weighted by Gasteiger charge is 2.43. The van der Waals surface area contributed by atoms with E-state index in [9.17, 15) is 4.79 Å². The fraction of sp³-hybridized carbons (Fsp3) is 0.345. The Kier molecular flexibility index (Phi) is 7.30. The first kappa shape index (κ1) is 24.3. The number of hydrogen-bond donors (Lipinski definition) is 1. The van der Waals surface area contributed by atoms with Gasteiger partial charge in [-0.25, -0.2) is 0 Å². The van der Waals surface area contributed by atoms with Crippen molar-refractivity contribution in [3.8, 4) is 5.75 Å². The number of hydrogen-bond acceptors (Lipinski definition) is 3. The molecule has 0 spiro atoms. The van der Waals surface area contributed by atoms with Crippen molar-refractivity contribution >= 4 is 17.5 Å². The predicted octanol–water partition coefficient (Wildman–Crippen LogP) is 5.82. The number of amides is 1. The van der Waals surface area contributed by atoms with Crippen LogP contribution in [0, 0.1) is 0 Å². The summed E-state index contributed by atoms with van der Waals surface area (Å²) in [6.07, 6.45) is 2.53. The summed E-state index contributed by atoms with van der Waals surface area (Å²) < 4.78 is 6.20. The fourth-order valence-electron chi connectivity index (χ4n) is 5.04. The van der Waals surface area contributed by atoms with E-state index in [-0.39, 0.29) is 17.6 Å². The van der Waals surface area contributed by atoms with Gasteiger partial charge in [0.05, 0.1) is 5.41 Å². The topological polar surface area (TPSA) is 55.6 Å². The van der Waals surface area contributed by atoms with E-state index >= 15 is 0 Å². The van der Waals surface area contributed by atoms with Crippen LogP contribution in [-0.2, 0) is 10.2 Å². The number of primary amides is 1. The van der Waals surface area contributed by atoms with Gasteiger partial charge in [0.15, 0.2) is 0 Å². The van der Waals surface area contributed by atoms with Crippen LogP contribution in [0.15, 0.2) is 84.9 Å². The minimum atomic E-state index is -0.876. The van der Waals surface area contributed by atoms with Crippen LogP contribution in [0.3, 0.4) is 0 Å². The van der Waals surface area contributed by atoms with E-state index in [2.05, 4.69) is 18.7 Å². The minimum absolute atomic E-state index is 0.123. The molecular formula is C29H33ClN2O2. The maximum atomic E-state index is 13.1. The molecule has 0 radical (unpaired) electrons. The van der Waals surface area contributed by atoms with Gasteiger partial charge in [-0.15, -0.1) is 0 Å². The second-order valence-electron chi connectivity index (χ2n) is 9.74. The Morgan fingerprint density at radius 2 is 1.50 bits per heavy atom. The summed E-state index contributed by atoms with van der Waals surface area (Å²) in [6.45, 7) is 6.29. The van der Waals surface area contributed by atoms with E-state index < -0.39 is 5.41 Å². The van der Waals surface area contributed by atoms with Crippen molar-refractivity contribution in [2.45, 2.75) is 50.2 Å². The van der Waals surface area contributed by atoms with E-state index in [1.165, 1.54) is 0 Å². The Morgan fingerprint density at radius 1 is 0.941 bits per heavy atom. The van der Waals surface area contributed by atoms with Crippen molar-refractivity contribution in [3.05, 3.63) is 101 Å².